The minimum absolute atomic E-state index is 0.0995. The van der Waals surface area contributed by atoms with Gasteiger partial charge in [-0.25, -0.2) is 4.98 Å². The maximum Gasteiger partial charge on any atom is 0.288 e. The van der Waals surface area contributed by atoms with Crippen molar-refractivity contribution >= 4 is 40.0 Å². The number of nitro benzene ring substituents is 1. The minimum atomic E-state index is -0.707. The summed E-state index contributed by atoms with van der Waals surface area (Å²) in [6.07, 6.45) is 0. The lowest BCUT2D eigenvalue weighted by atomic mass is 10.2. The second-order valence-electron chi connectivity index (χ2n) is 6.57. The van der Waals surface area contributed by atoms with E-state index in [4.69, 9.17) is 4.74 Å². The number of aromatic nitrogens is 1. The molecule has 0 bridgehead atoms. The van der Waals surface area contributed by atoms with Gasteiger partial charge in [0, 0.05) is 17.5 Å². The SMILES string of the molecule is O=C(CN1C(=O)COc2ccc([N+](=O)[O-])cc21)NNC(=O)c1ccc2ccccc2n1. The van der Waals surface area contributed by atoms with E-state index in [1.807, 2.05) is 12.1 Å². The molecule has 0 radical (unpaired) electrons. The maximum atomic E-state index is 12.3. The zero-order valence-corrected chi connectivity index (χ0v) is 15.9. The average Bonchev–Trinajstić information content (AvgIpc) is 2.78. The summed E-state index contributed by atoms with van der Waals surface area (Å²) in [5.41, 5.74) is 5.03. The number of carbonyl (C=O) groups excluding carboxylic acids is 3. The van der Waals surface area contributed by atoms with E-state index < -0.39 is 29.2 Å². The molecule has 0 saturated heterocycles. The maximum absolute atomic E-state index is 12.3. The van der Waals surface area contributed by atoms with Crippen molar-refractivity contribution in [3.8, 4) is 5.75 Å². The van der Waals surface area contributed by atoms with Gasteiger partial charge in [0.05, 0.1) is 16.1 Å². The normalized spacial score (nSPS) is 12.6. The molecule has 11 heteroatoms. The highest BCUT2D eigenvalue weighted by atomic mass is 16.6. The predicted octanol–water partition coefficient (Wildman–Crippen LogP) is 1.33. The largest absolute Gasteiger partial charge is 0.482 e. The third kappa shape index (κ3) is 4.10. The van der Waals surface area contributed by atoms with Gasteiger partial charge in [-0.1, -0.05) is 24.3 Å². The van der Waals surface area contributed by atoms with Crippen molar-refractivity contribution < 1.29 is 24.0 Å². The summed E-state index contributed by atoms with van der Waals surface area (Å²) in [6, 6.07) is 14.3. The van der Waals surface area contributed by atoms with Crippen molar-refractivity contribution in [2.45, 2.75) is 0 Å². The van der Waals surface area contributed by atoms with Gasteiger partial charge in [0.25, 0.3) is 23.4 Å². The van der Waals surface area contributed by atoms with Gasteiger partial charge in [-0.05, 0) is 18.2 Å². The first-order chi connectivity index (χ1) is 14.9. The van der Waals surface area contributed by atoms with Crippen molar-refractivity contribution in [3.63, 3.8) is 0 Å². The smallest absolute Gasteiger partial charge is 0.288 e. The lowest BCUT2D eigenvalue weighted by Crippen LogP contribution is -2.49. The number of amides is 3. The van der Waals surface area contributed by atoms with E-state index in [0.29, 0.717) is 5.52 Å². The molecule has 2 N–H and O–H groups in total. The monoisotopic (exact) mass is 421 g/mol. The molecular formula is C20H15N5O6. The molecule has 0 atom stereocenters. The van der Waals surface area contributed by atoms with Gasteiger partial charge in [0.1, 0.15) is 18.0 Å². The lowest BCUT2D eigenvalue weighted by Gasteiger charge is -2.28. The van der Waals surface area contributed by atoms with Crippen molar-refractivity contribution in [3.05, 3.63) is 70.4 Å². The number of nitro groups is 1. The molecule has 3 amide bonds. The van der Waals surface area contributed by atoms with Crippen LogP contribution in [0.4, 0.5) is 11.4 Å². The Hall–Kier alpha value is -4.54. The fraction of sp³-hybridized carbons (Fsp3) is 0.100. The summed E-state index contributed by atoms with van der Waals surface area (Å²) < 4.78 is 5.25. The molecule has 156 valence electrons. The molecule has 0 unspecified atom stereocenters. The van der Waals surface area contributed by atoms with Crippen LogP contribution in [-0.4, -0.2) is 40.8 Å². The number of rotatable bonds is 4. The Bertz CT molecular complexity index is 1230. The zero-order chi connectivity index (χ0) is 22.0. The van der Waals surface area contributed by atoms with E-state index in [1.54, 1.807) is 18.2 Å². The van der Waals surface area contributed by atoms with Gasteiger partial charge in [0.2, 0.25) is 0 Å². The Morgan fingerprint density at radius 2 is 1.94 bits per heavy atom. The number of hydrazine groups is 1. The fourth-order valence-corrected chi connectivity index (χ4v) is 3.04. The minimum Gasteiger partial charge on any atom is -0.482 e. The molecule has 1 aromatic heterocycles. The standard InChI is InChI=1S/C20H15N5O6/c26-18(22-23-20(28)15-7-5-12-3-1-2-4-14(12)21-15)10-24-16-9-13(25(29)30)6-8-17(16)31-11-19(24)27/h1-9H,10-11H2,(H,22,26)(H,23,28). The highest BCUT2D eigenvalue weighted by Crippen LogP contribution is 2.35. The quantitative estimate of drug-likeness (QED) is 0.478. The van der Waals surface area contributed by atoms with Crippen molar-refractivity contribution in [1.82, 2.24) is 15.8 Å². The topological polar surface area (TPSA) is 144 Å². The first-order valence-corrected chi connectivity index (χ1v) is 9.09. The van der Waals surface area contributed by atoms with E-state index in [2.05, 4.69) is 15.8 Å². The highest BCUT2D eigenvalue weighted by Gasteiger charge is 2.29. The number of ether oxygens (including phenoxy) is 1. The second kappa shape index (κ2) is 8.06. The van der Waals surface area contributed by atoms with Crippen LogP contribution < -0.4 is 20.5 Å². The highest BCUT2D eigenvalue weighted by molar-refractivity contribution is 6.03. The molecule has 11 nitrogen and oxygen atoms in total. The molecule has 2 aromatic carbocycles. The van der Waals surface area contributed by atoms with Gasteiger partial charge in [-0.2, -0.15) is 0 Å². The summed E-state index contributed by atoms with van der Waals surface area (Å²) >= 11 is 0. The van der Waals surface area contributed by atoms with E-state index >= 15 is 0 Å². The summed E-state index contributed by atoms with van der Waals surface area (Å²) in [5.74, 6) is -1.65. The number of benzene rings is 2. The van der Waals surface area contributed by atoms with Crippen LogP contribution in [0.3, 0.4) is 0 Å². The van der Waals surface area contributed by atoms with Gasteiger partial charge < -0.3 is 4.74 Å². The van der Waals surface area contributed by atoms with E-state index in [9.17, 15) is 24.5 Å². The molecule has 0 aliphatic carbocycles. The van der Waals surface area contributed by atoms with Crippen LogP contribution in [0.25, 0.3) is 10.9 Å². The number of hydrogen-bond donors (Lipinski definition) is 2. The lowest BCUT2D eigenvalue weighted by molar-refractivity contribution is -0.384. The number of pyridine rings is 1. The van der Waals surface area contributed by atoms with Gasteiger partial charge in [-0.15, -0.1) is 0 Å². The Balaban J connectivity index is 1.44. The number of nitrogens with one attached hydrogen (secondary N) is 2. The number of fused-ring (bicyclic) bond motifs is 2. The van der Waals surface area contributed by atoms with Crippen molar-refractivity contribution in [1.29, 1.82) is 0 Å². The fourth-order valence-electron chi connectivity index (χ4n) is 3.04. The van der Waals surface area contributed by atoms with Gasteiger partial charge in [-0.3, -0.25) is 40.2 Å². The van der Waals surface area contributed by atoms with Crippen LogP contribution in [0, 0.1) is 10.1 Å². The molecule has 1 aliphatic heterocycles. The molecule has 3 aromatic rings. The molecule has 0 spiro atoms. The predicted molar refractivity (Wildman–Crippen MR) is 108 cm³/mol. The van der Waals surface area contributed by atoms with Crippen LogP contribution in [0.1, 0.15) is 10.5 Å². The van der Waals surface area contributed by atoms with Crippen molar-refractivity contribution in [2.75, 3.05) is 18.1 Å². The zero-order valence-electron chi connectivity index (χ0n) is 15.9. The Morgan fingerprint density at radius 3 is 2.74 bits per heavy atom. The van der Waals surface area contributed by atoms with Crippen molar-refractivity contribution in [2.24, 2.45) is 0 Å². The molecule has 0 saturated carbocycles. The molecule has 2 heterocycles. The number of anilines is 1. The Labute approximate surface area is 174 Å². The first-order valence-electron chi connectivity index (χ1n) is 9.09. The van der Waals surface area contributed by atoms with Crippen LogP contribution in [0.5, 0.6) is 5.75 Å². The number of non-ortho nitro benzene ring substituents is 1. The van der Waals surface area contributed by atoms with E-state index in [0.717, 1.165) is 16.4 Å². The summed E-state index contributed by atoms with van der Waals surface area (Å²) in [4.78, 5) is 52.5. The Morgan fingerprint density at radius 1 is 1.13 bits per heavy atom. The number of hydrogen-bond acceptors (Lipinski definition) is 7. The number of nitrogens with zero attached hydrogens (tertiary/aromatic N) is 3. The summed E-state index contributed by atoms with van der Waals surface area (Å²) in [6.45, 7) is -0.784. The second-order valence-corrected chi connectivity index (χ2v) is 6.57. The molecule has 1 aliphatic rings. The van der Waals surface area contributed by atoms with Crippen LogP contribution in [-0.2, 0) is 9.59 Å². The van der Waals surface area contributed by atoms with Gasteiger partial charge in [0.15, 0.2) is 6.61 Å². The third-order valence-corrected chi connectivity index (χ3v) is 4.54. The first kappa shape index (κ1) is 19.8. The van der Waals surface area contributed by atoms with Crippen LogP contribution in [0.2, 0.25) is 0 Å². The molecular weight excluding hydrogens is 406 g/mol. The number of para-hydroxylation sites is 1. The Kier molecular flexibility index (Phi) is 5.14. The van der Waals surface area contributed by atoms with Gasteiger partial charge >= 0.3 is 0 Å². The molecule has 0 fully saturated rings. The van der Waals surface area contributed by atoms with Crippen LogP contribution >= 0.6 is 0 Å². The third-order valence-electron chi connectivity index (χ3n) is 4.54. The molecule has 4 rings (SSSR count). The van der Waals surface area contributed by atoms with E-state index in [-0.39, 0.29) is 29.4 Å². The molecule has 31 heavy (non-hydrogen) atoms. The average molecular weight is 421 g/mol. The number of carbonyl (C=O) groups is 3. The van der Waals surface area contributed by atoms with Crippen LogP contribution in [0.15, 0.2) is 54.6 Å². The summed E-state index contributed by atoms with van der Waals surface area (Å²) in [5, 5.41) is 11.9. The van der Waals surface area contributed by atoms with E-state index in [1.165, 1.54) is 18.2 Å². The summed E-state index contributed by atoms with van der Waals surface area (Å²) in [7, 11) is 0.